The van der Waals surface area contributed by atoms with Crippen LogP contribution in [0.15, 0.2) is 67.1 Å². The predicted molar refractivity (Wildman–Crippen MR) is 144 cm³/mol. The van der Waals surface area contributed by atoms with Gasteiger partial charge >= 0.3 is 0 Å². The Bertz CT molecular complexity index is 1210. The van der Waals surface area contributed by atoms with Crippen molar-refractivity contribution < 1.29 is 14.4 Å². The second-order valence-corrected chi connectivity index (χ2v) is 9.90. The van der Waals surface area contributed by atoms with Crippen molar-refractivity contribution in [1.29, 1.82) is 0 Å². The summed E-state index contributed by atoms with van der Waals surface area (Å²) in [5.41, 5.74) is 7.44. The molecular weight excluding hydrogens is 468 g/mol. The van der Waals surface area contributed by atoms with E-state index in [9.17, 15) is 14.4 Å². The summed E-state index contributed by atoms with van der Waals surface area (Å²) >= 11 is 0. The number of amides is 3. The van der Waals surface area contributed by atoms with Gasteiger partial charge in [0.1, 0.15) is 6.04 Å². The van der Waals surface area contributed by atoms with Crippen LogP contribution in [0.1, 0.15) is 48.2 Å². The average molecular weight is 505 g/mol. The van der Waals surface area contributed by atoms with Gasteiger partial charge in [0, 0.05) is 32.4 Å². The topological polar surface area (TPSA) is 122 Å². The number of anilines is 1. The molecule has 3 rings (SSSR count). The summed E-state index contributed by atoms with van der Waals surface area (Å²) in [6, 6.07) is 16.6. The number of rotatable bonds is 11. The Morgan fingerprint density at radius 3 is 2.41 bits per heavy atom. The van der Waals surface area contributed by atoms with E-state index in [-0.39, 0.29) is 11.8 Å². The Kier molecular flexibility index (Phi) is 9.19. The zero-order valence-electron chi connectivity index (χ0n) is 21.9. The van der Waals surface area contributed by atoms with Gasteiger partial charge in [-0.25, -0.2) is 4.98 Å². The highest BCUT2D eigenvalue weighted by Gasteiger charge is 2.28. The maximum absolute atomic E-state index is 13.1. The lowest BCUT2D eigenvalue weighted by Gasteiger charge is -2.23. The van der Waals surface area contributed by atoms with Crippen LogP contribution in [0.4, 0.5) is 5.82 Å². The maximum atomic E-state index is 13.1. The van der Waals surface area contributed by atoms with Gasteiger partial charge in [-0.15, -0.1) is 0 Å². The van der Waals surface area contributed by atoms with Crippen LogP contribution in [0.25, 0.3) is 0 Å². The largest absolute Gasteiger partial charge is 0.345 e. The third-order valence-electron chi connectivity index (χ3n) is 5.90. The SMILES string of the molecule is CN(C)C(=O)c1ccccc1Cn1cnc(NC(=O)[C@@H](CCCc2ccccc2)NC(=O)C(C)(C)N)c1. The van der Waals surface area contributed by atoms with E-state index >= 15 is 0 Å². The molecule has 3 aromatic rings. The summed E-state index contributed by atoms with van der Waals surface area (Å²) in [7, 11) is 3.43. The van der Waals surface area contributed by atoms with Crippen LogP contribution < -0.4 is 16.4 Å². The number of nitrogens with one attached hydrogen (secondary N) is 2. The zero-order chi connectivity index (χ0) is 27.0. The molecule has 1 atom stereocenters. The number of nitrogens with zero attached hydrogens (tertiary/aromatic N) is 3. The molecule has 0 aliphatic carbocycles. The second-order valence-electron chi connectivity index (χ2n) is 9.90. The molecule has 0 fully saturated rings. The minimum absolute atomic E-state index is 0.0823. The molecule has 9 nitrogen and oxygen atoms in total. The molecule has 0 saturated heterocycles. The van der Waals surface area contributed by atoms with Gasteiger partial charge in [0.15, 0.2) is 5.82 Å². The van der Waals surface area contributed by atoms with E-state index in [2.05, 4.69) is 15.6 Å². The van der Waals surface area contributed by atoms with Crippen molar-refractivity contribution in [3.63, 3.8) is 0 Å². The molecule has 0 radical (unpaired) electrons. The third kappa shape index (κ3) is 8.01. The maximum Gasteiger partial charge on any atom is 0.253 e. The zero-order valence-corrected chi connectivity index (χ0v) is 21.9. The van der Waals surface area contributed by atoms with Gasteiger partial charge in [-0.1, -0.05) is 48.5 Å². The summed E-state index contributed by atoms with van der Waals surface area (Å²) < 4.78 is 1.80. The fourth-order valence-electron chi connectivity index (χ4n) is 3.80. The normalized spacial score (nSPS) is 12.0. The first kappa shape index (κ1) is 27.6. The molecule has 196 valence electrons. The van der Waals surface area contributed by atoms with Crippen molar-refractivity contribution in [2.75, 3.05) is 19.4 Å². The van der Waals surface area contributed by atoms with E-state index in [0.717, 1.165) is 12.0 Å². The Morgan fingerprint density at radius 2 is 1.73 bits per heavy atom. The summed E-state index contributed by atoms with van der Waals surface area (Å²) in [4.78, 5) is 44.0. The van der Waals surface area contributed by atoms with Crippen LogP contribution in [0.3, 0.4) is 0 Å². The van der Waals surface area contributed by atoms with Crippen molar-refractivity contribution in [1.82, 2.24) is 19.8 Å². The molecular formula is C28H36N6O3. The monoisotopic (exact) mass is 504 g/mol. The first-order valence-electron chi connectivity index (χ1n) is 12.3. The quantitative estimate of drug-likeness (QED) is 0.371. The van der Waals surface area contributed by atoms with Crippen LogP contribution in [0.2, 0.25) is 0 Å². The molecule has 0 spiro atoms. The Morgan fingerprint density at radius 1 is 1.05 bits per heavy atom. The molecule has 0 bridgehead atoms. The summed E-state index contributed by atoms with van der Waals surface area (Å²) in [6.07, 6.45) is 5.23. The van der Waals surface area contributed by atoms with Gasteiger partial charge in [-0.3, -0.25) is 14.4 Å². The minimum Gasteiger partial charge on any atom is -0.345 e. The lowest BCUT2D eigenvalue weighted by Crippen LogP contribution is -2.54. The van der Waals surface area contributed by atoms with E-state index in [0.29, 0.717) is 30.8 Å². The number of aromatic nitrogens is 2. The van der Waals surface area contributed by atoms with Crippen LogP contribution in [0, 0.1) is 0 Å². The molecule has 0 aliphatic heterocycles. The highest BCUT2D eigenvalue weighted by Crippen LogP contribution is 2.15. The lowest BCUT2D eigenvalue weighted by molar-refractivity contribution is -0.129. The Hall–Kier alpha value is -3.98. The molecule has 4 N–H and O–H groups in total. The lowest BCUT2D eigenvalue weighted by atomic mass is 10.0. The van der Waals surface area contributed by atoms with E-state index < -0.39 is 17.5 Å². The molecule has 3 amide bonds. The van der Waals surface area contributed by atoms with Crippen LogP contribution >= 0.6 is 0 Å². The highest BCUT2D eigenvalue weighted by molar-refractivity contribution is 5.98. The molecule has 9 heteroatoms. The van der Waals surface area contributed by atoms with Gasteiger partial charge in [0.25, 0.3) is 5.91 Å². The smallest absolute Gasteiger partial charge is 0.253 e. The average Bonchev–Trinajstić information content (AvgIpc) is 3.29. The van der Waals surface area contributed by atoms with Crippen molar-refractivity contribution in [2.24, 2.45) is 5.73 Å². The predicted octanol–water partition coefficient (Wildman–Crippen LogP) is 2.82. The van der Waals surface area contributed by atoms with Gasteiger partial charge in [-0.05, 0) is 50.3 Å². The van der Waals surface area contributed by atoms with Crippen molar-refractivity contribution in [3.05, 3.63) is 83.8 Å². The molecule has 1 aromatic heterocycles. The van der Waals surface area contributed by atoms with E-state index in [1.807, 2.05) is 48.5 Å². The standard InChI is InChI=1S/C28H36N6O3/c1-28(2,29)27(37)31-23(16-10-13-20-11-6-5-7-12-20)25(35)32-24-18-34(19-30-24)17-21-14-8-9-15-22(21)26(36)33(3)4/h5-9,11-12,14-15,18-19,23H,10,13,16-17,29H2,1-4H3,(H,31,37)(H,32,35)/t23-/m1/s1. The van der Waals surface area contributed by atoms with Gasteiger partial charge < -0.3 is 25.8 Å². The summed E-state index contributed by atoms with van der Waals surface area (Å²) in [5, 5.41) is 5.60. The van der Waals surface area contributed by atoms with Crippen molar-refractivity contribution in [3.8, 4) is 0 Å². The highest BCUT2D eigenvalue weighted by atomic mass is 16.2. The first-order valence-corrected chi connectivity index (χ1v) is 12.3. The fourth-order valence-corrected chi connectivity index (χ4v) is 3.80. The molecule has 2 aromatic carbocycles. The number of hydrogen-bond acceptors (Lipinski definition) is 5. The Labute approximate surface area is 218 Å². The van der Waals surface area contributed by atoms with E-state index in [1.165, 1.54) is 10.5 Å². The molecule has 37 heavy (non-hydrogen) atoms. The molecule has 0 unspecified atom stereocenters. The van der Waals surface area contributed by atoms with Crippen LogP contribution in [0.5, 0.6) is 0 Å². The first-order chi connectivity index (χ1) is 17.5. The van der Waals surface area contributed by atoms with Crippen molar-refractivity contribution in [2.45, 2.75) is 51.2 Å². The summed E-state index contributed by atoms with van der Waals surface area (Å²) in [6.45, 7) is 3.61. The summed E-state index contributed by atoms with van der Waals surface area (Å²) in [5.74, 6) is -0.490. The molecule has 0 saturated carbocycles. The van der Waals surface area contributed by atoms with Gasteiger partial charge in [-0.2, -0.15) is 0 Å². The number of carbonyl (C=O) groups excluding carboxylic acids is 3. The van der Waals surface area contributed by atoms with Crippen LogP contribution in [-0.2, 0) is 22.6 Å². The van der Waals surface area contributed by atoms with Gasteiger partial charge in [0.2, 0.25) is 11.8 Å². The second kappa shape index (κ2) is 12.3. The fraction of sp³-hybridized carbons (Fsp3) is 0.357. The number of hydrogen-bond donors (Lipinski definition) is 3. The number of nitrogens with two attached hydrogens (primary N) is 1. The van der Waals surface area contributed by atoms with Crippen molar-refractivity contribution >= 4 is 23.5 Å². The minimum atomic E-state index is -1.11. The number of benzene rings is 2. The van der Waals surface area contributed by atoms with Gasteiger partial charge in [0.05, 0.1) is 11.9 Å². The molecule has 1 heterocycles. The van der Waals surface area contributed by atoms with E-state index in [4.69, 9.17) is 5.73 Å². The van der Waals surface area contributed by atoms with Crippen LogP contribution in [-0.4, -0.2) is 57.8 Å². The number of imidazole rings is 1. The van der Waals surface area contributed by atoms with E-state index in [1.54, 1.807) is 51.1 Å². The molecule has 0 aliphatic rings. The Balaban J connectivity index is 1.68. The third-order valence-corrected chi connectivity index (χ3v) is 5.90. The number of aryl methyl sites for hydroxylation is 1. The number of carbonyl (C=O) groups is 3.